The molecule has 1 fully saturated rings. The molecule has 6 nitrogen and oxygen atoms in total. The zero-order chi connectivity index (χ0) is 20.2. The van der Waals surface area contributed by atoms with E-state index in [0.29, 0.717) is 35.5 Å². The highest BCUT2D eigenvalue weighted by Crippen LogP contribution is 2.27. The summed E-state index contributed by atoms with van der Waals surface area (Å²) < 4.78 is 11.7. The fraction of sp³-hybridized carbons (Fsp3) is 0.318. The molecular formula is C22H25Cl4N3O3. The van der Waals surface area contributed by atoms with Crippen LogP contribution in [0.15, 0.2) is 53.2 Å². The lowest BCUT2D eigenvalue weighted by molar-refractivity contribution is 0.0497. The summed E-state index contributed by atoms with van der Waals surface area (Å²) in [6.45, 7) is 2.90. The van der Waals surface area contributed by atoms with E-state index in [1.54, 1.807) is 31.5 Å². The largest absolute Gasteiger partial charge is 0.490 e. The third kappa shape index (κ3) is 6.51. The van der Waals surface area contributed by atoms with Gasteiger partial charge < -0.3 is 14.1 Å². The van der Waals surface area contributed by atoms with Gasteiger partial charge in [0.1, 0.15) is 12.4 Å². The first-order valence-corrected chi connectivity index (χ1v) is 10.1. The van der Waals surface area contributed by atoms with Gasteiger partial charge in [0.15, 0.2) is 0 Å². The number of hydrogen-bond donors (Lipinski definition) is 0. The van der Waals surface area contributed by atoms with Crippen LogP contribution in [0, 0.1) is 6.92 Å². The molecule has 32 heavy (non-hydrogen) atoms. The summed E-state index contributed by atoms with van der Waals surface area (Å²) in [6.07, 6.45) is 6.30. The first-order chi connectivity index (χ1) is 14.1. The number of rotatable bonds is 5. The van der Waals surface area contributed by atoms with Crippen LogP contribution < -0.4 is 4.74 Å². The van der Waals surface area contributed by atoms with Crippen molar-refractivity contribution in [2.24, 2.45) is 0 Å². The molecule has 1 saturated heterocycles. The van der Waals surface area contributed by atoms with Crippen molar-refractivity contribution in [3.63, 3.8) is 0 Å². The second-order valence-corrected chi connectivity index (χ2v) is 7.52. The Bertz CT molecular complexity index is 984. The Morgan fingerprint density at radius 2 is 1.94 bits per heavy atom. The molecule has 0 N–H and O–H groups in total. The maximum Gasteiger partial charge on any atom is 0.291 e. The second kappa shape index (κ2) is 12.9. The molecule has 1 atom stereocenters. The summed E-state index contributed by atoms with van der Waals surface area (Å²) >= 11 is 5.95. The maximum atomic E-state index is 13.2. The maximum absolute atomic E-state index is 13.2. The molecule has 0 radical (unpaired) electrons. The van der Waals surface area contributed by atoms with E-state index in [2.05, 4.69) is 9.97 Å². The zero-order valence-corrected chi connectivity index (χ0v) is 20.6. The highest BCUT2D eigenvalue weighted by atomic mass is 35.5. The number of pyridine rings is 1. The Morgan fingerprint density at radius 3 is 2.62 bits per heavy atom. The molecule has 1 aromatic carbocycles. The fourth-order valence-corrected chi connectivity index (χ4v) is 3.63. The standard InChI is InChI=1S/C22H22ClN3O3.3ClH/c1-15-20(29-21(25-15)16-7-9-17(23)10-8-16)22(27)26-12-3-2-5-18(26)14-28-19-6-4-11-24-13-19;;;/h4,6-11,13,18H,2-3,5,12,14H2,1H3;3*1H. The van der Waals surface area contributed by atoms with E-state index in [0.717, 1.165) is 24.8 Å². The van der Waals surface area contributed by atoms with Crippen LogP contribution in [0.4, 0.5) is 0 Å². The number of piperidine rings is 1. The Kier molecular flexibility index (Phi) is 11.3. The van der Waals surface area contributed by atoms with Crippen LogP contribution >= 0.6 is 48.8 Å². The van der Waals surface area contributed by atoms with Crippen molar-refractivity contribution in [1.29, 1.82) is 0 Å². The molecule has 1 aliphatic heterocycles. The number of carbonyl (C=O) groups is 1. The predicted octanol–water partition coefficient (Wildman–Crippen LogP) is 6.04. The smallest absolute Gasteiger partial charge is 0.291 e. The second-order valence-electron chi connectivity index (χ2n) is 7.09. The summed E-state index contributed by atoms with van der Waals surface area (Å²) in [5, 5.41) is 0.637. The van der Waals surface area contributed by atoms with E-state index >= 15 is 0 Å². The molecule has 174 valence electrons. The van der Waals surface area contributed by atoms with Crippen LogP contribution in [-0.2, 0) is 0 Å². The predicted molar refractivity (Wildman–Crippen MR) is 132 cm³/mol. The molecule has 3 heterocycles. The minimum Gasteiger partial charge on any atom is -0.490 e. The fourth-order valence-electron chi connectivity index (χ4n) is 3.51. The summed E-state index contributed by atoms with van der Waals surface area (Å²) in [5.41, 5.74) is 1.36. The number of nitrogens with zero attached hydrogens (tertiary/aromatic N) is 3. The van der Waals surface area contributed by atoms with Gasteiger partial charge in [-0.05, 0) is 62.6 Å². The van der Waals surface area contributed by atoms with Crippen LogP contribution in [0.1, 0.15) is 35.5 Å². The van der Waals surface area contributed by atoms with Crippen molar-refractivity contribution >= 4 is 54.7 Å². The van der Waals surface area contributed by atoms with Gasteiger partial charge >= 0.3 is 0 Å². The number of amides is 1. The first kappa shape index (κ1) is 28.0. The third-order valence-electron chi connectivity index (χ3n) is 5.05. The molecule has 0 bridgehead atoms. The van der Waals surface area contributed by atoms with Gasteiger partial charge in [-0.15, -0.1) is 37.2 Å². The number of hydrogen-bond acceptors (Lipinski definition) is 5. The molecule has 0 saturated carbocycles. The zero-order valence-electron chi connectivity index (χ0n) is 17.4. The Morgan fingerprint density at radius 1 is 1.19 bits per heavy atom. The molecule has 0 aliphatic carbocycles. The molecule has 1 aliphatic rings. The topological polar surface area (TPSA) is 68.5 Å². The van der Waals surface area contributed by atoms with Crippen LogP contribution in [0.25, 0.3) is 11.5 Å². The van der Waals surface area contributed by atoms with Crippen molar-refractivity contribution in [3.8, 4) is 17.2 Å². The number of likely N-dealkylation sites (tertiary alicyclic amines) is 1. The average Bonchev–Trinajstić information content (AvgIpc) is 3.15. The minimum atomic E-state index is -0.144. The lowest BCUT2D eigenvalue weighted by atomic mass is 10.0. The number of aryl methyl sites for hydroxylation is 1. The number of aromatic nitrogens is 2. The van der Waals surface area contributed by atoms with Crippen molar-refractivity contribution in [2.45, 2.75) is 32.2 Å². The van der Waals surface area contributed by atoms with Gasteiger partial charge in [0.25, 0.3) is 5.91 Å². The van der Waals surface area contributed by atoms with Crippen LogP contribution in [-0.4, -0.2) is 40.0 Å². The SMILES string of the molecule is Cc1nc(-c2ccc(Cl)cc2)oc1C(=O)N1CCCCC1COc1cccnc1.Cl.Cl.Cl. The lowest BCUT2D eigenvalue weighted by Crippen LogP contribution is -2.46. The van der Waals surface area contributed by atoms with Gasteiger partial charge in [-0.25, -0.2) is 4.98 Å². The molecule has 2 aromatic heterocycles. The average molecular weight is 521 g/mol. The molecule has 1 amide bonds. The number of carbonyl (C=O) groups excluding carboxylic acids is 1. The van der Waals surface area contributed by atoms with Gasteiger partial charge in [-0.2, -0.15) is 0 Å². The first-order valence-electron chi connectivity index (χ1n) is 9.69. The Labute approximate surface area is 210 Å². The van der Waals surface area contributed by atoms with Gasteiger partial charge in [0.05, 0.1) is 17.9 Å². The molecule has 10 heteroatoms. The van der Waals surface area contributed by atoms with Crippen molar-refractivity contribution in [1.82, 2.24) is 14.9 Å². The van der Waals surface area contributed by atoms with Gasteiger partial charge in [0, 0.05) is 23.3 Å². The van der Waals surface area contributed by atoms with E-state index < -0.39 is 0 Å². The normalized spacial score (nSPS) is 15.1. The summed E-state index contributed by atoms with van der Waals surface area (Å²) in [6, 6.07) is 10.9. The number of oxazole rings is 1. The van der Waals surface area contributed by atoms with E-state index in [-0.39, 0.29) is 54.9 Å². The lowest BCUT2D eigenvalue weighted by Gasteiger charge is -2.35. The number of halogens is 4. The molecule has 0 spiro atoms. The monoisotopic (exact) mass is 519 g/mol. The molecule has 4 rings (SSSR count). The molecule has 1 unspecified atom stereocenters. The summed E-state index contributed by atoms with van der Waals surface area (Å²) in [5.74, 6) is 1.26. The highest BCUT2D eigenvalue weighted by molar-refractivity contribution is 6.30. The van der Waals surface area contributed by atoms with Crippen molar-refractivity contribution in [3.05, 3.63) is 65.3 Å². The minimum absolute atomic E-state index is 0. The number of ether oxygens (including phenoxy) is 1. The molecule has 3 aromatic rings. The van der Waals surface area contributed by atoms with E-state index in [9.17, 15) is 4.79 Å². The van der Waals surface area contributed by atoms with Crippen LogP contribution in [0.5, 0.6) is 5.75 Å². The van der Waals surface area contributed by atoms with Gasteiger partial charge in [-0.1, -0.05) is 11.6 Å². The van der Waals surface area contributed by atoms with E-state index in [1.165, 1.54) is 0 Å². The number of benzene rings is 1. The summed E-state index contributed by atoms with van der Waals surface area (Å²) in [4.78, 5) is 23.6. The quantitative estimate of drug-likeness (QED) is 0.410. The Hall–Kier alpha value is -1.99. The van der Waals surface area contributed by atoms with Gasteiger partial charge in [0.2, 0.25) is 11.7 Å². The van der Waals surface area contributed by atoms with E-state index in [4.69, 9.17) is 20.8 Å². The molecular weight excluding hydrogens is 496 g/mol. The van der Waals surface area contributed by atoms with Crippen LogP contribution in [0.2, 0.25) is 5.02 Å². The highest BCUT2D eigenvalue weighted by Gasteiger charge is 2.31. The van der Waals surface area contributed by atoms with Gasteiger partial charge in [-0.3, -0.25) is 9.78 Å². The van der Waals surface area contributed by atoms with E-state index in [1.807, 2.05) is 29.2 Å². The Balaban J connectivity index is 0.00000171. The van der Waals surface area contributed by atoms with Crippen molar-refractivity contribution < 1.29 is 13.9 Å². The summed E-state index contributed by atoms with van der Waals surface area (Å²) in [7, 11) is 0. The van der Waals surface area contributed by atoms with Crippen molar-refractivity contribution in [2.75, 3.05) is 13.2 Å². The third-order valence-corrected chi connectivity index (χ3v) is 5.30. The van der Waals surface area contributed by atoms with Crippen LogP contribution in [0.3, 0.4) is 0 Å².